The van der Waals surface area contributed by atoms with Gasteiger partial charge < -0.3 is 15.5 Å². The summed E-state index contributed by atoms with van der Waals surface area (Å²) in [6, 6.07) is 0.868. The van der Waals surface area contributed by atoms with Crippen LogP contribution < -0.4 is 10.6 Å². The van der Waals surface area contributed by atoms with E-state index >= 15 is 0 Å². The first kappa shape index (κ1) is 29.9. The van der Waals surface area contributed by atoms with Gasteiger partial charge in [0.2, 0.25) is 0 Å². The fraction of sp³-hybridized carbons (Fsp3) is 1.00. The van der Waals surface area contributed by atoms with E-state index in [1.54, 1.807) is 19.3 Å². The molecule has 6 saturated carbocycles. The van der Waals surface area contributed by atoms with Crippen molar-refractivity contribution in [1.29, 1.82) is 0 Å². The van der Waals surface area contributed by atoms with Crippen molar-refractivity contribution in [1.82, 2.24) is 15.5 Å². The predicted molar refractivity (Wildman–Crippen MR) is 170 cm³/mol. The van der Waals surface area contributed by atoms with Crippen LogP contribution in [0.2, 0.25) is 0 Å². The molecule has 0 spiro atoms. The first-order valence-corrected chi connectivity index (χ1v) is 18.6. The molecule has 0 amide bonds. The van der Waals surface area contributed by atoms with Crippen LogP contribution in [-0.4, -0.2) is 51.2 Å². The maximum Gasteiger partial charge on any atom is 0.00951 e. The molecule has 6 aliphatic carbocycles. The number of hydrogen-bond donors (Lipinski definition) is 2. The SMILES string of the molecule is CNCC1CCCC2CC(N(C)CC3CCC4CC(CCNCC5CCC6C[C@H](C)CCC56)CCC4C3)CCC12. The molecule has 0 aromatic carbocycles. The molecular weight excluding hydrogens is 486 g/mol. The zero-order chi connectivity index (χ0) is 27.5. The standard InChI is InChI=1S/C37H67N3/c1-26-7-15-36-32(19-26)12-13-34(36)24-39-18-17-27-8-10-30-21-28(9-11-29(30)20-27)25-40(3)35-14-16-37-31(22-35)5-4-6-33(37)23-38-2/h26-39H,4-25H2,1-3H3/t26-,27?,28?,29?,30?,31?,32?,33?,34?,35?,36?,37?/m1/s1. The third-order valence-corrected chi connectivity index (χ3v) is 14.2. The highest BCUT2D eigenvalue weighted by Gasteiger charge is 2.41. The topological polar surface area (TPSA) is 27.3 Å². The van der Waals surface area contributed by atoms with E-state index in [-0.39, 0.29) is 0 Å². The van der Waals surface area contributed by atoms with Gasteiger partial charge in [-0.15, -0.1) is 0 Å². The lowest BCUT2D eigenvalue weighted by Crippen LogP contribution is -2.45. The quantitative estimate of drug-likeness (QED) is 0.268. The lowest BCUT2D eigenvalue weighted by Gasteiger charge is -2.47. The second-order valence-electron chi connectivity index (χ2n) is 16.6. The molecule has 3 nitrogen and oxygen atoms in total. The van der Waals surface area contributed by atoms with Gasteiger partial charge in [-0.05, 0) is 189 Å². The van der Waals surface area contributed by atoms with Crippen molar-refractivity contribution in [3.8, 4) is 0 Å². The summed E-state index contributed by atoms with van der Waals surface area (Å²) in [6.07, 6.45) is 27.2. The summed E-state index contributed by atoms with van der Waals surface area (Å²) in [5, 5.41) is 7.47. The van der Waals surface area contributed by atoms with Gasteiger partial charge in [-0.2, -0.15) is 0 Å². The largest absolute Gasteiger partial charge is 0.319 e. The van der Waals surface area contributed by atoms with Crippen molar-refractivity contribution in [3.63, 3.8) is 0 Å². The summed E-state index contributed by atoms with van der Waals surface area (Å²) in [5.41, 5.74) is 0. The summed E-state index contributed by atoms with van der Waals surface area (Å²) >= 11 is 0. The Balaban J connectivity index is 0.873. The fourth-order valence-corrected chi connectivity index (χ4v) is 12.0. The average Bonchev–Trinajstić information content (AvgIpc) is 3.37. The number of fused-ring (bicyclic) bond motifs is 3. The Hall–Kier alpha value is -0.120. The Morgan fingerprint density at radius 2 is 1.32 bits per heavy atom. The van der Waals surface area contributed by atoms with Crippen LogP contribution in [0.3, 0.4) is 0 Å². The third kappa shape index (κ3) is 7.15. The van der Waals surface area contributed by atoms with Crippen molar-refractivity contribution in [2.75, 3.05) is 40.3 Å². The molecule has 0 bridgehead atoms. The van der Waals surface area contributed by atoms with Crippen LogP contribution >= 0.6 is 0 Å². The molecule has 12 atom stereocenters. The third-order valence-electron chi connectivity index (χ3n) is 14.2. The van der Waals surface area contributed by atoms with E-state index in [0.717, 1.165) is 71.1 Å². The lowest BCUT2D eigenvalue weighted by atomic mass is 9.63. The Morgan fingerprint density at radius 3 is 2.15 bits per heavy atom. The van der Waals surface area contributed by atoms with E-state index in [1.807, 2.05) is 0 Å². The minimum atomic E-state index is 0.868. The Labute approximate surface area is 249 Å². The molecule has 0 aliphatic heterocycles. The van der Waals surface area contributed by atoms with E-state index in [1.165, 1.54) is 122 Å². The normalized spacial score (nSPS) is 45.6. The van der Waals surface area contributed by atoms with Crippen molar-refractivity contribution in [2.45, 2.75) is 129 Å². The highest BCUT2D eigenvalue weighted by atomic mass is 15.1. The van der Waals surface area contributed by atoms with E-state index in [9.17, 15) is 0 Å². The summed E-state index contributed by atoms with van der Waals surface area (Å²) in [7, 11) is 4.65. The van der Waals surface area contributed by atoms with Gasteiger partial charge in [-0.25, -0.2) is 0 Å². The van der Waals surface area contributed by atoms with Crippen LogP contribution in [-0.2, 0) is 0 Å². The first-order chi connectivity index (χ1) is 19.6. The molecule has 6 fully saturated rings. The Kier molecular flexibility index (Phi) is 10.6. The number of hydrogen-bond acceptors (Lipinski definition) is 3. The minimum Gasteiger partial charge on any atom is -0.319 e. The maximum atomic E-state index is 3.97. The summed E-state index contributed by atoms with van der Waals surface area (Å²) < 4.78 is 0. The second-order valence-corrected chi connectivity index (χ2v) is 16.6. The van der Waals surface area contributed by atoms with Crippen LogP contribution in [0.4, 0.5) is 0 Å². The van der Waals surface area contributed by atoms with Gasteiger partial charge in [0.15, 0.2) is 0 Å². The Bertz CT molecular complexity index is 767. The van der Waals surface area contributed by atoms with Gasteiger partial charge >= 0.3 is 0 Å². The van der Waals surface area contributed by atoms with Crippen molar-refractivity contribution in [2.24, 2.45) is 65.1 Å². The van der Waals surface area contributed by atoms with Gasteiger partial charge in [-0.1, -0.05) is 32.6 Å². The van der Waals surface area contributed by atoms with E-state index in [4.69, 9.17) is 0 Å². The molecule has 40 heavy (non-hydrogen) atoms. The van der Waals surface area contributed by atoms with Crippen LogP contribution in [0.5, 0.6) is 0 Å². The molecule has 0 saturated heterocycles. The molecule has 3 heteroatoms. The molecule has 0 heterocycles. The summed E-state index contributed by atoms with van der Waals surface area (Å²) in [5.74, 6) is 11.2. The second kappa shape index (κ2) is 14.1. The van der Waals surface area contributed by atoms with Gasteiger partial charge in [0.1, 0.15) is 0 Å². The average molecular weight is 554 g/mol. The van der Waals surface area contributed by atoms with Crippen LogP contribution in [0.15, 0.2) is 0 Å². The van der Waals surface area contributed by atoms with Crippen LogP contribution in [0, 0.1) is 65.1 Å². The minimum absolute atomic E-state index is 0.868. The summed E-state index contributed by atoms with van der Waals surface area (Å²) in [6.45, 7) is 7.75. The van der Waals surface area contributed by atoms with Crippen molar-refractivity contribution >= 4 is 0 Å². The van der Waals surface area contributed by atoms with Crippen molar-refractivity contribution in [3.05, 3.63) is 0 Å². The van der Waals surface area contributed by atoms with Crippen molar-refractivity contribution < 1.29 is 0 Å². The highest BCUT2D eigenvalue weighted by molar-refractivity contribution is 4.93. The molecule has 2 N–H and O–H groups in total. The van der Waals surface area contributed by atoms with Gasteiger partial charge in [0.25, 0.3) is 0 Å². The van der Waals surface area contributed by atoms with Gasteiger partial charge in [-0.3, -0.25) is 0 Å². The van der Waals surface area contributed by atoms with E-state index < -0.39 is 0 Å². The molecule has 6 rings (SSSR count). The Morgan fingerprint density at radius 1 is 0.625 bits per heavy atom. The number of nitrogens with zero attached hydrogens (tertiary/aromatic N) is 1. The van der Waals surface area contributed by atoms with Gasteiger partial charge in [0.05, 0.1) is 0 Å². The maximum absolute atomic E-state index is 3.97. The highest BCUT2D eigenvalue weighted by Crippen LogP contribution is 2.49. The monoisotopic (exact) mass is 554 g/mol. The van der Waals surface area contributed by atoms with Gasteiger partial charge in [0, 0.05) is 12.6 Å². The molecule has 6 aliphatic rings. The molecule has 11 unspecified atom stereocenters. The smallest absolute Gasteiger partial charge is 0.00951 e. The summed E-state index contributed by atoms with van der Waals surface area (Å²) in [4.78, 5) is 2.85. The van der Waals surface area contributed by atoms with E-state index in [0.29, 0.717) is 0 Å². The van der Waals surface area contributed by atoms with Crippen LogP contribution in [0.25, 0.3) is 0 Å². The lowest BCUT2D eigenvalue weighted by molar-refractivity contribution is 0.0330. The first-order valence-electron chi connectivity index (χ1n) is 18.6. The van der Waals surface area contributed by atoms with Crippen LogP contribution in [0.1, 0.15) is 122 Å². The fourth-order valence-electron chi connectivity index (χ4n) is 12.0. The molecule has 230 valence electrons. The molecule has 0 radical (unpaired) electrons. The molecule has 0 aromatic rings. The number of nitrogens with one attached hydrogen (secondary N) is 2. The molecule has 0 aromatic heterocycles. The molecular formula is C37H67N3. The van der Waals surface area contributed by atoms with E-state index in [2.05, 4.69) is 36.6 Å². The number of rotatable bonds is 10. The zero-order valence-corrected chi connectivity index (χ0v) is 26.9. The predicted octanol–water partition coefficient (Wildman–Crippen LogP) is 8.00. The zero-order valence-electron chi connectivity index (χ0n) is 26.9.